The predicted molar refractivity (Wildman–Crippen MR) is 116 cm³/mol. The average molecular weight is 379 g/mol. The van der Waals surface area contributed by atoms with Gasteiger partial charge in [-0.3, -0.25) is 9.69 Å². The summed E-state index contributed by atoms with van der Waals surface area (Å²) < 4.78 is 0. The smallest absolute Gasteiger partial charge is 0.238 e. The summed E-state index contributed by atoms with van der Waals surface area (Å²) in [6.07, 6.45) is 2.55. The number of rotatable bonds is 5. The topological polar surface area (TPSA) is 38.8 Å². The molecule has 4 rings (SSSR count). The first-order chi connectivity index (χ1) is 13.7. The van der Waals surface area contributed by atoms with Crippen molar-refractivity contribution >= 4 is 23.0 Å². The van der Waals surface area contributed by atoms with Crippen molar-refractivity contribution in [2.75, 3.05) is 60.9 Å². The van der Waals surface area contributed by atoms with Gasteiger partial charge in [-0.1, -0.05) is 12.1 Å². The fraction of sp³-hybridized carbons (Fsp3) is 0.435. The number of carbonyl (C=O) groups is 1. The summed E-state index contributed by atoms with van der Waals surface area (Å²) in [5.41, 5.74) is 4.70. The van der Waals surface area contributed by atoms with Gasteiger partial charge in [0.1, 0.15) is 0 Å². The highest BCUT2D eigenvalue weighted by Crippen LogP contribution is 2.22. The third kappa shape index (κ3) is 4.65. The second-order valence-electron chi connectivity index (χ2n) is 7.89. The van der Waals surface area contributed by atoms with Crippen molar-refractivity contribution in [1.29, 1.82) is 0 Å². The quantitative estimate of drug-likeness (QED) is 0.866. The van der Waals surface area contributed by atoms with E-state index in [1.165, 1.54) is 29.8 Å². The zero-order valence-electron chi connectivity index (χ0n) is 16.7. The lowest BCUT2D eigenvalue weighted by atomic mass is 10.2. The van der Waals surface area contributed by atoms with Crippen molar-refractivity contribution in [2.24, 2.45) is 0 Å². The van der Waals surface area contributed by atoms with Crippen LogP contribution in [0.4, 0.5) is 17.1 Å². The van der Waals surface area contributed by atoms with E-state index >= 15 is 0 Å². The highest BCUT2D eigenvalue weighted by Gasteiger charge is 2.19. The summed E-state index contributed by atoms with van der Waals surface area (Å²) >= 11 is 0. The highest BCUT2D eigenvalue weighted by molar-refractivity contribution is 5.92. The number of carbonyl (C=O) groups excluding carboxylic acids is 1. The Kier molecular flexibility index (Phi) is 5.81. The Hall–Kier alpha value is -2.53. The van der Waals surface area contributed by atoms with Crippen molar-refractivity contribution in [3.05, 3.63) is 54.1 Å². The van der Waals surface area contributed by atoms with Crippen LogP contribution in [0.1, 0.15) is 18.4 Å². The van der Waals surface area contributed by atoms with Crippen LogP contribution in [0.5, 0.6) is 0 Å². The Morgan fingerprint density at radius 1 is 0.857 bits per heavy atom. The number of hydrogen-bond donors (Lipinski definition) is 1. The van der Waals surface area contributed by atoms with Crippen LogP contribution in [0.15, 0.2) is 48.5 Å². The van der Waals surface area contributed by atoms with E-state index in [9.17, 15) is 4.79 Å². The molecule has 148 valence electrons. The zero-order valence-corrected chi connectivity index (χ0v) is 16.7. The fourth-order valence-corrected chi connectivity index (χ4v) is 4.12. The van der Waals surface area contributed by atoms with Gasteiger partial charge in [0.2, 0.25) is 5.91 Å². The number of anilines is 3. The van der Waals surface area contributed by atoms with Gasteiger partial charge in [-0.2, -0.15) is 0 Å². The van der Waals surface area contributed by atoms with Gasteiger partial charge in [-0.15, -0.1) is 0 Å². The molecule has 2 heterocycles. The standard InChI is InChI=1S/C23H30N4O/c1-19-5-4-6-22(17-19)27-15-13-25(14-16-27)18-23(28)24-20-7-9-21(10-8-20)26-11-2-3-12-26/h4-10,17H,2-3,11-16,18H2,1H3,(H,24,28). The molecule has 0 aromatic heterocycles. The molecule has 2 fully saturated rings. The third-order valence-corrected chi connectivity index (χ3v) is 5.73. The SMILES string of the molecule is Cc1cccc(N2CCN(CC(=O)Nc3ccc(N4CCCC4)cc3)CC2)c1. The lowest BCUT2D eigenvalue weighted by Gasteiger charge is -2.35. The molecule has 0 unspecified atom stereocenters. The molecule has 0 atom stereocenters. The minimum Gasteiger partial charge on any atom is -0.372 e. The molecular weight excluding hydrogens is 348 g/mol. The molecule has 0 saturated carbocycles. The number of amides is 1. The van der Waals surface area contributed by atoms with Gasteiger partial charge < -0.3 is 15.1 Å². The number of nitrogens with one attached hydrogen (secondary N) is 1. The van der Waals surface area contributed by atoms with Crippen molar-refractivity contribution < 1.29 is 4.79 Å². The normalized spacial score (nSPS) is 17.8. The van der Waals surface area contributed by atoms with E-state index in [-0.39, 0.29) is 5.91 Å². The molecule has 2 aromatic carbocycles. The molecule has 0 spiro atoms. The maximum Gasteiger partial charge on any atom is 0.238 e. The molecule has 5 heteroatoms. The summed E-state index contributed by atoms with van der Waals surface area (Å²) in [7, 11) is 0. The van der Waals surface area contributed by atoms with Gasteiger partial charge in [0.05, 0.1) is 6.54 Å². The van der Waals surface area contributed by atoms with Gasteiger partial charge in [0.25, 0.3) is 0 Å². The van der Waals surface area contributed by atoms with Gasteiger partial charge in [0, 0.05) is 56.3 Å². The molecular formula is C23H30N4O. The molecule has 1 N–H and O–H groups in total. The average Bonchev–Trinajstić information content (AvgIpc) is 3.24. The molecule has 28 heavy (non-hydrogen) atoms. The summed E-state index contributed by atoms with van der Waals surface area (Å²) in [4.78, 5) is 19.5. The van der Waals surface area contributed by atoms with E-state index in [2.05, 4.69) is 63.3 Å². The van der Waals surface area contributed by atoms with Crippen LogP contribution in [0.25, 0.3) is 0 Å². The highest BCUT2D eigenvalue weighted by atomic mass is 16.2. The van der Waals surface area contributed by atoms with Crippen LogP contribution in [-0.4, -0.2) is 56.6 Å². The maximum absolute atomic E-state index is 12.4. The van der Waals surface area contributed by atoms with Gasteiger partial charge in [-0.05, 0) is 61.7 Å². The van der Waals surface area contributed by atoms with Gasteiger partial charge >= 0.3 is 0 Å². The van der Waals surface area contributed by atoms with Crippen LogP contribution in [0.3, 0.4) is 0 Å². The molecule has 2 aromatic rings. The number of piperazine rings is 1. The van der Waals surface area contributed by atoms with Crippen molar-refractivity contribution in [2.45, 2.75) is 19.8 Å². The molecule has 5 nitrogen and oxygen atoms in total. The molecule has 2 aliphatic heterocycles. The van der Waals surface area contributed by atoms with E-state index < -0.39 is 0 Å². The monoisotopic (exact) mass is 378 g/mol. The van der Waals surface area contributed by atoms with Crippen LogP contribution >= 0.6 is 0 Å². The largest absolute Gasteiger partial charge is 0.372 e. The Morgan fingerprint density at radius 2 is 1.54 bits per heavy atom. The summed E-state index contributed by atoms with van der Waals surface area (Å²) in [5.74, 6) is 0.0675. The Labute approximate surface area is 167 Å². The fourth-order valence-electron chi connectivity index (χ4n) is 4.12. The molecule has 2 aliphatic rings. The first-order valence-electron chi connectivity index (χ1n) is 10.4. The summed E-state index contributed by atoms with van der Waals surface area (Å²) in [5, 5.41) is 3.04. The number of aryl methyl sites for hydroxylation is 1. The second-order valence-corrected chi connectivity index (χ2v) is 7.89. The lowest BCUT2D eigenvalue weighted by molar-refractivity contribution is -0.117. The molecule has 2 saturated heterocycles. The Bertz CT molecular complexity index is 791. The summed E-state index contributed by atoms with van der Waals surface area (Å²) in [6.45, 7) is 8.60. The number of benzene rings is 2. The van der Waals surface area contributed by atoms with E-state index in [4.69, 9.17) is 0 Å². The Morgan fingerprint density at radius 3 is 2.21 bits per heavy atom. The molecule has 0 radical (unpaired) electrons. The van der Waals surface area contributed by atoms with Crippen LogP contribution in [0.2, 0.25) is 0 Å². The lowest BCUT2D eigenvalue weighted by Crippen LogP contribution is -2.48. The molecule has 1 amide bonds. The van der Waals surface area contributed by atoms with Gasteiger partial charge in [0.15, 0.2) is 0 Å². The van der Waals surface area contributed by atoms with Crippen molar-refractivity contribution in [3.63, 3.8) is 0 Å². The third-order valence-electron chi connectivity index (χ3n) is 5.73. The van der Waals surface area contributed by atoms with Crippen molar-refractivity contribution in [3.8, 4) is 0 Å². The van der Waals surface area contributed by atoms with Crippen LogP contribution in [-0.2, 0) is 4.79 Å². The minimum atomic E-state index is 0.0675. The van der Waals surface area contributed by atoms with E-state index in [1.807, 2.05) is 12.1 Å². The van der Waals surface area contributed by atoms with Crippen molar-refractivity contribution in [1.82, 2.24) is 4.90 Å². The maximum atomic E-state index is 12.4. The first kappa shape index (κ1) is 18.8. The van der Waals surface area contributed by atoms with Gasteiger partial charge in [-0.25, -0.2) is 0 Å². The Balaban J connectivity index is 1.24. The summed E-state index contributed by atoms with van der Waals surface area (Å²) in [6, 6.07) is 16.9. The van der Waals surface area contributed by atoms with E-state index in [0.717, 1.165) is 45.0 Å². The zero-order chi connectivity index (χ0) is 19.3. The number of nitrogens with zero attached hydrogens (tertiary/aromatic N) is 3. The predicted octanol–water partition coefficient (Wildman–Crippen LogP) is 3.36. The first-order valence-corrected chi connectivity index (χ1v) is 10.4. The number of hydrogen-bond acceptors (Lipinski definition) is 4. The second kappa shape index (κ2) is 8.65. The molecule has 0 aliphatic carbocycles. The minimum absolute atomic E-state index is 0.0675. The van der Waals surface area contributed by atoms with E-state index in [0.29, 0.717) is 6.54 Å². The van der Waals surface area contributed by atoms with E-state index in [1.54, 1.807) is 0 Å². The molecule has 0 bridgehead atoms. The van der Waals surface area contributed by atoms with Crippen LogP contribution < -0.4 is 15.1 Å². The van der Waals surface area contributed by atoms with Crippen LogP contribution in [0, 0.1) is 6.92 Å².